The van der Waals surface area contributed by atoms with E-state index < -0.39 is 0 Å². The Bertz CT molecular complexity index is 265. The Hall–Kier alpha value is -1.05. The largest absolute Gasteiger partial charge is 0.497 e. The number of rotatable bonds is 1. The second-order valence-electron chi connectivity index (χ2n) is 3.62. The molecule has 2 rings (SSSR count). The lowest BCUT2D eigenvalue weighted by Gasteiger charge is -2.31. The summed E-state index contributed by atoms with van der Waals surface area (Å²) in [6.07, 6.45) is 8.46. The summed E-state index contributed by atoms with van der Waals surface area (Å²) >= 11 is 0. The van der Waals surface area contributed by atoms with Crippen molar-refractivity contribution in [3.05, 3.63) is 24.0 Å². The number of hydrogen-bond acceptors (Lipinski definition) is 2. The number of hydrogen-bond donors (Lipinski definition) is 0. The average molecular weight is 164 g/mol. The van der Waals surface area contributed by atoms with Gasteiger partial charge in [0.2, 0.25) is 0 Å². The molecule has 0 N–H and O–H groups in total. The number of carbonyl (C=O) groups is 1. The van der Waals surface area contributed by atoms with E-state index in [1.165, 1.54) is 5.57 Å². The Morgan fingerprint density at radius 2 is 2.58 bits per heavy atom. The molecule has 0 aromatic rings. The molecule has 0 radical (unpaired) electrons. The van der Waals surface area contributed by atoms with Crippen molar-refractivity contribution in [2.75, 3.05) is 0 Å². The standard InChI is InChI=1S/C10H12O2/c1-8-2-3-9-10(6-8,7-11)4-5-12-9/h2,4-5,7,9H,3,6H2,1H3/t9-,10+/m0/s1. The summed E-state index contributed by atoms with van der Waals surface area (Å²) in [5.41, 5.74) is 0.937. The normalized spacial score (nSPS) is 38.4. The molecule has 2 aliphatic rings. The molecule has 0 bridgehead atoms. The number of carbonyl (C=O) groups excluding carboxylic acids is 1. The first-order valence-corrected chi connectivity index (χ1v) is 4.22. The molecule has 2 heteroatoms. The van der Waals surface area contributed by atoms with Crippen LogP contribution in [0.1, 0.15) is 19.8 Å². The molecule has 0 unspecified atom stereocenters. The van der Waals surface area contributed by atoms with Gasteiger partial charge in [0, 0.05) is 6.42 Å². The summed E-state index contributed by atoms with van der Waals surface area (Å²) in [4.78, 5) is 11.0. The summed E-state index contributed by atoms with van der Waals surface area (Å²) in [5.74, 6) is 0. The van der Waals surface area contributed by atoms with Crippen LogP contribution in [-0.4, -0.2) is 12.4 Å². The van der Waals surface area contributed by atoms with Crippen molar-refractivity contribution in [3.63, 3.8) is 0 Å². The Morgan fingerprint density at radius 1 is 1.75 bits per heavy atom. The maximum Gasteiger partial charge on any atom is 0.134 e. The van der Waals surface area contributed by atoms with Gasteiger partial charge in [-0.15, -0.1) is 0 Å². The van der Waals surface area contributed by atoms with Crippen LogP contribution in [0.2, 0.25) is 0 Å². The van der Waals surface area contributed by atoms with Crippen LogP contribution < -0.4 is 0 Å². The zero-order valence-corrected chi connectivity index (χ0v) is 7.12. The minimum absolute atomic E-state index is 0.0544. The molecular formula is C10H12O2. The highest BCUT2D eigenvalue weighted by atomic mass is 16.5. The van der Waals surface area contributed by atoms with Crippen LogP contribution >= 0.6 is 0 Å². The third-order valence-electron chi connectivity index (χ3n) is 2.71. The van der Waals surface area contributed by atoms with Crippen LogP contribution in [0.15, 0.2) is 24.0 Å². The molecule has 12 heavy (non-hydrogen) atoms. The van der Waals surface area contributed by atoms with Crippen LogP contribution in [0.3, 0.4) is 0 Å². The van der Waals surface area contributed by atoms with Gasteiger partial charge in [-0.2, -0.15) is 0 Å². The van der Waals surface area contributed by atoms with E-state index >= 15 is 0 Å². The molecule has 2 nitrogen and oxygen atoms in total. The van der Waals surface area contributed by atoms with Gasteiger partial charge in [0.15, 0.2) is 0 Å². The van der Waals surface area contributed by atoms with Crippen LogP contribution in [0, 0.1) is 5.41 Å². The van der Waals surface area contributed by atoms with E-state index in [0.29, 0.717) is 0 Å². The van der Waals surface area contributed by atoms with Crippen molar-refractivity contribution < 1.29 is 9.53 Å². The fourth-order valence-corrected chi connectivity index (χ4v) is 1.96. The van der Waals surface area contributed by atoms with Gasteiger partial charge < -0.3 is 9.53 Å². The molecule has 1 aliphatic heterocycles. The number of fused-ring (bicyclic) bond motifs is 1. The number of allylic oxidation sites excluding steroid dienone is 1. The van der Waals surface area contributed by atoms with Gasteiger partial charge in [0.1, 0.15) is 12.4 Å². The van der Waals surface area contributed by atoms with Gasteiger partial charge in [-0.1, -0.05) is 11.6 Å². The summed E-state index contributed by atoms with van der Waals surface area (Å²) < 4.78 is 5.34. The van der Waals surface area contributed by atoms with Crippen molar-refractivity contribution in [2.45, 2.75) is 25.9 Å². The van der Waals surface area contributed by atoms with E-state index in [-0.39, 0.29) is 11.5 Å². The Kier molecular flexibility index (Phi) is 1.56. The molecule has 1 aliphatic carbocycles. The number of aldehydes is 1. The van der Waals surface area contributed by atoms with Crippen molar-refractivity contribution in [2.24, 2.45) is 5.41 Å². The lowest BCUT2D eigenvalue weighted by molar-refractivity contribution is -0.117. The highest BCUT2D eigenvalue weighted by molar-refractivity contribution is 5.66. The second kappa shape index (κ2) is 2.47. The third kappa shape index (κ3) is 0.909. The Morgan fingerprint density at radius 3 is 3.33 bits per heavy atom. The Balaban J connectivity index is 2.33. The molecule has 1 heterocycles. The van der Waals surface area contributed by atoms with Gasteiger partial charge in [-0.05, 0) is 19.4 Å². The van der Waals surface area contributed by atoms with Crippen molar-refractivity contribution >= 4 is 6.29 Å². The topological polar surface area (TPSA) is 26.3 Å². The van der Waals surface area contributed by atoms with Gasteiger partial charge in [-0.25, -0.2) is 0 Å². The van der Waals surface area contributed by atoms with E-state index in [0.717, 1.165) is 19.1 Å². The molecule has 0 spiro atoms. The monoisotopic (exact) mass is 164 g/mol. The second-order valence-corrected chi connectivity index (χ2v) is 3.62. The van der Waals surface area contributed by atoms with E-state index in [1.54, 1.807) is 6.26 Å². The van der Waals surface area contributed by atoms with Crippen molar-refractivity contribution in [3.8, 4) is 0 Å². The fourth-order valence-electron chi connectivity index (χ4n) is 1.96. The first kappa shape index (κ1) is 7.59. The number of ether oxygens (including phenoxy) is 1. The zero-order valence-electron chi connectivity index (χ0n) is 7.12. The highest BCUT2D eigenvalue weighted by Gasteiger charge is 2.42. The van der Waals surface area contributed by atoms with Crippen molar-refractivity contribution in [1.29, 1.82) is 0 Å². The highest BCUT2D eigenvalue weighted by Crippen LogP contribution is 2.41. The fraction of sp³-hybridized carbons (Fsp3) is 0.500. The lowest BCUT2D eigenvalue weighted by atomic mass is 9.74. The molecule has 0 saturated heterocycles. The summed E-state index contributed by atoms with van der Waals surface area (Å²) in [6.45, 7) is 2.06. The molecule has 0 fully saturated rings. The lowest BCUT2D eigenvalue weighted by Crippen LogP contribution is -2.35. The van der Waals surface area contributed by atoms with Crippen LogP contribution in [0.4, 0.5) is 0 Å². The van der Waals surface area contributed by atoms with E-state index in [2.05, 4.69) is 13.0 Å². The van der Waals surface area contributed by atoms with Crippen LogP contribution in [0.5, 0.6) is 0 Å². The maximum absolute atomic E-state index is 11.0. The predicted molar refractivity (Wildman–Crippen MR) is 45.5 cm³/mol. The molecule has 64 valence electrons. The zero-order chi connectivity index (χ0) is 8.60. The molecule has 0 aromatic heterocycles. The summed E-state index contributed by atoms with van der Waals surface area (Å²) in [7, 11) is 0. The van der Waals surface area contributed by atoms with Gasteiger partial charge in [-0.3, -0.25) is 0 Å². The third-order valence-corrected chi connectivity index (χ3v) is 2.71. The minimum atomic E-state index is -0.348. The minimum Gasteiger partial charge on any atom is -0.497 e. The van der Waals surface area contributed by atoms with Crippen molar-refractivity contribution in [1.82, 2.24) is 0 Å². The maximum atomic E-state index is 11.0. The molecule has 2 atom stereocenters. The van der Waals surface area contributed by atoms with Gasteiger partial charge >= 0.3 is 0 Å². The first-order chi connectivity index (χ1) is 5.77. The summed E-state index contributed by atoms with van der Waals surface area (Å²) in [6, 6.07) is 0. The van der Waals surface area contributed by atoms with Gasteiger partial charge in [0.05, 0.1) is 11.7 Å². The smallest absolute Gasteiger partial charge is 0.134 e. The van der Waals surface area contributed by atoms with E-state index in [4.69, 9.17) is 4.74 Å². The molecule has 0 amide bonds. The van der Waals surface area contributed by atoms with E-state index in [1.807, 2.05) is 6.08 Å². The molecule has 0 saturated carbocycles. The van der Waals surface area contributed by atoms with Gasteiger partial charge in [0.25, 0.3) is 0 Å². The average Bonchev–Trinajstić information content (AvgIpc) is 2.47. The predicted octanol–water partition coefficient (Wildman–Crippen LogP) is 1.82. The van der Waals surface area contributed by atoms with Crippen LogP contribution in [0.25, 0.3) is 0 Å². The van der Waals surface area contributed by atoms with E-state index in [9.17, 15) is 4.79 Å². The SMILES string of the molecule is CC1=CC[C@@H]2OC=C[C@]2(C=O)C1. The Labute approximate surface area is 71.9 Å². The molecular weight excluding hydrogens is 152 g/mol. The van der Waals surface area contributed by atoms with Crippen LogP contribution in [-0.2, 0) is 9.53 Å². The molecule has 0 aromatic carbocycles. The quantitative estimate of drug-likeness (QED) is 0.436. The first-order valence-electron chi connectivity index (χ1n) is 4.22. The summed E-state index contributed by atoms with van der Waals surface area (Å²) in [5, 5.41) is 0.